The van der Waals surface area contributed by atoms with Crippen LogP contribution in [0.4, 0.5) is 0 Å². The number of ether oxygens (including phenoxy) is 1. The fourth-order valence-corrected chi connectivity index (χ4v) is 25.0. The third-order valence-corrected chi connectivity index (χ3v) is 24.5. The predicted molar refractivity (Wildman–Crippen MR) is 165 cm³/mol. The van der Waals surface area contributed by atoms with Crippen LogP contribution >= 0.6 is 0 Å². The third kappa shape index (κ3) is 6.10. The maximum atomic E-state index is 14.6. The van der Waals surface area contributed by atoms with Gasteiger partial charge in [-0.1, -0.05) is 0 Å². The number of esters is 1. The van der Waals surface area contributed by atoms with Crippen molar-refractivity contribution in [3.63, 3.8) is 0 Å². The molecule has 0 unspecified atom stereocenters. The van der Waals surface area contributed by atoms with Crippen LogP contribution < -0.4 is 0 Å². The van der Waals surface area contributed by atoms with E-state index in [9.17, 15) is 13.2 Å². The minimum absolute atomic E-state index is 0.241. The number of nitrogens with zero attached hydrogens (tertiary/aromatic N) is 1. The van der Waals surface area contributed by atoms with Gasteiger partial charge in [-0.25, -0.2) is 0 Å². The van der Waals surface area contributed by atoms with E-state index in [1.807, 2.05) is 71.0 Å². The first-order chi connectivity index (χ1) is 18.8. The second-order valence-electron chi connectivity index (χ2n) is 13.1. The molecule has 2 aliphatic rings. The van der Waals surface area contributed by atoms with Crippen molar-refractivity contribution in [3.05, 3.63) is 74.9 Å². The molecule has 5 nitrogen and oxygen atoms in total. The van der Waals surface area contributed by atoms with E-state index in [0.29, 0.717) is 0 Å². The summed E-state index contributed by atoms with van der Waals surface area (Å²) < 4.78 is 42.2. The Labute approximate surface area is 246 Å². The van der Waals surface area contributed by atoms with E-state index < -0.39 is 45.5 Å². The van der Waals surface area contributed by atoms with Crippen molar-refractivity contribution >= 4 is 34.4 Å². The van der Waals surface area contributed by atoms with Crippen molar-refractivity contribution < 1.29 is 17.9 Å². The molecule has 1 saturated heterocycles. The molecule has 7 heteroatoms. The van der Waals surface area contributed by atoms with E-state index >= 15 is 0 Å². The molecule has 0 saturated carbocycles. The van der Waals surface area contributed by atoms with Crippen molar-refractivity contribution in [1.29, 1.82) is 0 Å². The van der Waals surface area contributed by atoms with Crippen molar-refractivity contribution in [2.45, 2.75) is 104 Å². The topological polar surface area (TPSA) is 63.7 Å². The minimum atomic E-state index is -3.88. The van der Waals surface area contributed by atoms with Gasteiger partial charge in [-0.3, -0.25) is 0 Å². The molecular weight excluding hydrogens is 625 g/mol. The second-order valence-corrected chi connectivity index (χ2v) is 27.4. The van der Waals surface area contributed by atoms with Gasteiger partial charge in [-0.05, 0) is 0 Å². The van der Waals surface area contributed by atoms with Gasteiger partial charge >= 0.3 is 247 Å². The van der Waals surface area contributed by atoms with Crippen molar-refractivity contribution in [2.24, 2.45) is 5.41 Å². The molecule has 0 bridgehead atoms. The molecule has 1 fully saturated rings. The zero-order valence-corrected chi connectivity index (χ0v) is 29.1. The summed E-state index contributed by atoms with van der Waals surface area (Å²) in [5.41, 5.74) is 2.30. The monoisotopic (exact) mass is 673 g/mol. The number of hydrogen-bond acceptors (Lipinski definition) is 4. The molecule has 218 valence electrons. The zero-order valence-electron chi connectivity index (χ0n) is 25.4. The van der Waals surface area contributed by atoms with Gasteiger partial charge in [0.2, 0.25) is 0 Å². The number of sulfonamides is 1. The Morgan fingerprint density at radius 3 is 1.98 bits per heavy atom. The van der Waals surface area contributed by atoms with Crippen molar-refractivity contribution in [3.8, 4) is 0 Å². The summed E-state index contributed by atoms with van der Waals surface area (Å²) in [6.45, 7) is 14.4. The van der Waals surface area contributed by atoms with Crippen LogP contribution in [0, 0.1) is 19.3 Å². The second kappa shape index (κ2) is 11.9. The Morgan fingerprint density at radius 2 is 1.48 bits per heavy atom. The number of carbonyl (C=O) groups is 1. The molecule has 0 spiro atoms. The van der Waals surface area contributed by atoms with Gasteiger partial charge < -0.3 is 0 Å². The Bertz CT molecular complexity index is 1330. The van der Waals surface area contributed by atoms with Gasteiger partial charge in [0.25, 0.3) is 0 Å². The SMILES string of the molecule is CCC[CH2][Sn]1([CH2]CCC)[CH]=C2CN(S(=O)(=O)c3ccc(C)cc3)[C@@H](c3ccc(C)cc3)[C@]2(C(=O)OC(C)(C)C)[CH2]1. The first-order valence-corrected chi connectivity index (χ1v) is 24.0. The van der Waals surface area contributed by atoms with Crippen LogP contribution in [-0.2, 0) is 19.6 Å². The van der Waals surface area contributed by atoms with Crippen LogP contribution in [0.2, 0.25) is 13.3 Å². The van der Waals surface area contributed by atoms with Crippen molar-refractivity contribution in [2.75, 3.05) is 6.54 Å². The van der Waals surface area contributed by atoms with Crippen LogP contribution in [0.1, 0.15) is 83.0 Å². The number of hydrogen-bond donors (Lipinski definition) is 0. The van der Waals surface area contributed by atoms with Crippen LogP contribution in [0.3, 0.4) is 0 Å². The van der Waals surface area contributed by atoms with Gasteiger partial charge in [0.05, 0.1) is 0 Å². The molecule has 4 rings (SSSR count). The summed E-state index contributed by atoms with van der Waals surface area (Å²) in [7, 11) is -3.88. The maximum absolute atomic E-state index is 14.6. The summed E-state index contributed by atoms with van der Waals surface area (Å²) in [5.74, 6) is -0.259. The van der Waals surface area contributed by atoms with E-state index in [2.05, 4.69) is 17.9 Å². The first-order valence-electron chi connectivity index (χ1n) is 14.9. The number of fused-ring (bicyclic) bond motifs is 1. The molecular formula is C33H47NO4SSn. The van der Waals surface area contributed by atoms with Gasteiger partial charge in [0, 0.05) is 0 Å². The number of carbonyl (C=O) groups excluding carboxylic acids is 1. The predicted octanol–water partition coefficient (Wildman–Crippen LogP) is 7.91. The molecule has 2 aromatic rings. The van der Waals surface area contributed by atoms with E-state index in [4.69, 9.17) is 4.74 Å². The molecule has 2 heterocycles. The van der Waals surface area contributed by atoms with Crippen LogP contribution in [0.5, 0.6) is 0 Å². The van der Waals surface area contributed by atoms with Crippen LogP contribution in [-0.4, -0.2) is 49.2 Å². The molecule has 2 atom stereocenters. The first kappa shape index (κ1) is 31.3. The Morgan fingerprint density at radius 1 is 0.950 bits per heavy atom. The van der Waals surface area contributed by atoms with E-state index in [1.54, 1.807) is 16.4 Å². The Kier molecular flexibility index (Phi) is 9.33. The van der Waals surface area contributed by atoms with Gasteiger partial charge in [-0.15, -0.1) is 0 Å². The van der Waals surface area contributed by atoms with E-state index in [1.165, 1.54) is 8.87 Å². The van der Waals surface area contributed by atoms with E-state index in [-0.39, 0.29) is 17.4 Å². The molecule has 2 aromatic carbocycles. The van der Waals surface area contributed by atoms with Gasteiger partial charge in [0.15, 0.2) is 0 Å². The molecule has 0 amide bonds. The molecule has 0 aliphatic carbocycles. The summed E-state index contributed by atoms with van der Waals surface area (Å²) >= 11 is -2.99. The van der Waals surface area contributed by atoms with Gasteiger partial charge in [0.1, 0.15) is 0 Å². The van der Waals surface area contributed by atoms with E-state index in [0.717, 1.165) is 52.4 Å². The summed E-state index contributed by atoms with van der Waals surface area (Å²) in [6.07, 6.45) is 4.58. The molecule has 0 aromatic heterocycles. The number of benzene rings is 2. The Balaban J connectivity index is 1.95. The fraction of sp³-hybridized carbons (Fsp3) is 0.545. The van der Waals surface area contributed by atoms with Crippen LogP contribution in [0.15, 0.2) is 63.1 Å². The average Bonchev–Trinajstić information content (AvgIpc) is 3.38. The summed E-state index contributed by atoms with van der Waals surface area (Å²) in [6, 6.07) is 14.5. The zero-order chi connectivity index (χ0) is 29.3. The Hall–Kier alpha value is -1.64. The quantitative estimate of drug-likeness (QED) is 0.190. The van der Waals surface area contributed by atoms with Gasteiger partial charge in [-0.2, -0.15) is 0 Å². The summed E-state index contributed by atoms with van der Waals surface area (Å²) in [4.78, 5) is 14.8. The van der Waals surface area contributed by atoms with Crippen LogP contribution in [0.25, 0.3) is 0 Å². The molecule has 40 heavy (non-hydrogen) atoms. The summed E-state index contributed by atoms with van der Waals surface area (Å²) in [5, 5.41) is 0. The number of unbranched alkanes of at least 4 members (excludes halogenated alkanes) is 2. The number of aryl methyl sites for hydroxylation is 2. The average molecular weight is 673 g/mol. The normalized spacial score (nSPS) is 22.7. The molecule has 2 aliphatic heterocycles. The number of rotatable bonds is 10. The third-order valence-electron chi connectivity index (χ3n) is 8.61. The standard InChI is InChI=1S/C25H29NO4S.2C4H9.Sn/c1-17-8-12-20(13-9-17)22-25(7,23(27)30-24(4,5)6)19(3)16-26(22)31(28,29)21-14-10-18(2)11-15-21;2*1-3-4-2;/h3,8-15,22H,7,16H2,1-2,4-6H3;2*1,3-4H2,2H3;/t22-,25-;;;/m0.../s1. The molecule has 0 radical (unpaired) electrons. The van der Waals surface area contributed by atoms with Crippen molar-refractivity contribution in [1.82, 2.24) is 4.31 Å². The fourth-order valence-electron chi connectivity index (χ4n) is 6.64. The molecule has 0 N–H and O–H groups in total.